The van der Waals surface area contributed by atoms with Crippen LogP contribution in [0, 0.1) is 0 Å². The van der Waals surface area contributed by atoms with Gasteiger partial charge in [0.05, 0.1) is 0 Å². The third kappa shape index (κ3) is 3.51. The molecule has 16 heavy (non-hydrogen) atoms. The smallest absolute Gasteiger partial charge is 0.119 e. The fourth-order valence-corrected chi connectivity index (χ4v) is 1.11. The van der Waals surface area contributed by atoms with Crippen LogP contribution in [0.1, 0.15) is 19.4 Å². The van der Waals surface area contributed by atoms with Crippen molar-refractivity contribution in [2.24, 2.45) is 5.73 Å². The van der Waals surface area contributed by atoms with Gasteiger partial charge in [0.1, 0.15) is 12.4 Å². The molecule has 90 valence electrons. The van der Waals surface area contributed by atoms with E-state index in [4.69, 9.17) is 10.5 Å². The second-order valence-electron chi connectivity index (χ2n) is 4.84. The maximum absolute atomic E-state index is 5.75. The van der Waals surface area contributed by atoms with E-state index in [0.717, 1.165) is 11.3 Å². The molecule has 0 saturated carbocycles. The van der Waals surface area contributed by atoms with E-state index in [-0.39, 0.29) is 5.54 Å². The molecule has 1 aromatic rings. The van der Waals surface area contributed by atoms with Gasteiger partial charge in [-0.15, -0.1) is 0 Å². The molecule has 2 N–H and O–H groups in total. The van der Waals surface area contributed by atoms with Crippen molar-refractivity contribution in [2.45, 2.75) is 25.9 Å². The summed E-state index contributed by atoms with van der Waals surface area (Å²) < 4.78 is 5.75. The zero-order chi connectivity index (χ0) is 12.2. The lowest BCUT2D eigenvalue weighted by Crippen LogP contribution is -2.43. The van der Waals surface area contributed by atoms with Crippen LogP contribution in [0.3, 0.4) is 0 Å². The van der Waals surface area contributed by atoms with E-state index in [0.29, 0.717) is 13.2 Å². The average Bonchev–Trinajstić information content (AvgIpc) is 2.27. The summed E-state index contributed by atoms with van der Waals surface area (Å²) in [4.78, 5) is 2.15. The summed E-state index contributed by atoms with van der Waals surface area (Å²) in [5.41, 5.74) is 6.69. The van der Waals surface area contributed by atoms with Gasteiger partial charge >= 0.3 is 0 Å². The van der Waals surface area contributed by atoms with Gasteiger partial charge in [0.2, 0.25) is 0 Å². The molecule has 0 atom stereocenters. The largest absolute Gasteiger partial charge is 0.492 e. The van der Waals surface area contributed by atoms with Crippen LogP contribution in [0.25, 0.3) is 0 Å². The molecule has 0 aliphatic heterocycles. The molecule has 0 radical (unpaired) electrons. The van der Waals surface area contributed by atoms with Crippen molar-refractivity contribution in [1.29, 1.82) is 0 Å². The zero-order valence-corrected chi connectivity index (χ0v) is 10.7. The Morgan fingerprint density at radius 2 is 1.75 bits per heavy atom. The summed E-state index contributed by atoms with van der Waals surface area (Å²) in [7, 11) is 4.11. The Labute approximate surface area is 98.2 Å². The number of nitrogens with zero attached hydrogens (tertiary/aromatic N) is 1. The maximum Gasteiger partial charge on any atom is 0.119 e. The highest BCUT2D eigenvalue weighted by Gasteiger charge is 2.21. The molecule has 0 aliphatic carbocycles. The molecule has 0 aliphatic rings. The van der Waals surface area contributed by atoms with Gasteiger partial charge in [-0.2, -0.15) is 0 Å². The number of ether oxygens (including phenoxy) is 1. The van der Waals surface area contributed by atoms with Crippen LogP contribution in [0.15, 0.2) is 24.3 Å². The molecule has 1 aromatic carbocycles. The van der Waals surface area contributed by atoms with Crippen molar-refractivity contribution in [1.82, 2.24) is 4.90 Å². The lowest BCUT2D eigenvalue weighted by Gasteiger charge is -2.32. The number of nitrogens with two attached hydrogens (primary N) is 1. The molecule has 0 bridgehead atoms. The van der Waals surface area contributed by atoms with Crippen molar-refractivity contribution in [3.8, 4) is 5.75 Å². The Balaban J connectivity index is 2.54. The van der Waals surface area contributed by atoms with Crippen LogP contribution < -0.4 is 10.5 Å². The zero-order valence-electron chi connectivity index (χ0n) is 10.7. The van der Waals surface area contributed by atoms with E-state index in [1.165, 1.54) is 0 Å². The molecule has 0 saturated heterocycles. The minimum Gasteiger partial charge on any atom is -0.492 e. The van der Waals surface area contributed by atoms with Gasteiger partial charge in [0.25, 0.3) is 0 Å². The molecular formula is C13H22N2O. The first-order valence-electron chi connectivity index (χ1n) is 5.55. The highest BCUT2D eigenvalue weighted by Crippen LogP contribution is 2.16. The average molecular weight is 222 g/mol. The molecule has 0 heterocycles. The summed E-state index contributed by atoms with van der Waals surface area (Å²) >= 11 is 0. The van der Waals surface area contributed by atoms with Crippen LogP contribution >= 0.6 is 0 Å². The maximum atomic E-state index is 5.75. The van der Waals surface area contributed by atoms with Gasteiger partial charge < -0.3 is 15.4 Å². The Morgan fingerprint density at radius 1 is 1.19 bits per heavy atom. The Morgan fingerprint density at radius 3 is 2.19 bits per heavy atom. The minimum atomic E-state index is 0.0343. The molecule has 1 rings (SSSR count). The third-order valence-electron chi connectivity index (χ3n) is 2.96. The van der Waals surface area contributed by atoms with Gasteiger partial charge in [-0.3, -0.25) is 0 Å². The van der Waals surface area contributed by atoms with Gasteiger partial charge in [0.15, 0.2) is 0 Å². The molecule has 3 heteroatoms. The summed E-state index contributed by atoms with van der Waals surface area (Å²) in [6.45, 7) is 5.55. The molecule has 0 fully saturated rings. The van der Waals surface area contributed by atoms with E-state index >= 15 is 0 Å². The number of rotatable bonds is 5. The SMILES string of the molecule is CN(C)C(C)(C)COc1ccc(CN)cc1. The quantitative estimate of drug-likeness (QED) is 0.826. The fraction of sp³-hybridized carbons (Fsp3) is 0.538. The molecule has 0 unspecified atom stereocenters. The van der Waals surface area contributed by atoms with Crippen molar-refractivity contribution in [3.63, 3.8) is 0 Å². The van der Waals surface area contributed by atoms with E-state index in [9.17, 15) is 0 Å². The molecule has 0 spiro atoms. The minimum absolute atomic E-state index is 0.0343. The summed E-state index contributed by atoms with van der Waals surface area (Å²) in [6, 6.07) is 7.93. The van der Waals surface area contributed by atoms with Gasteiger partial charge in [-0.25, -0.2) is 0 Å². The van der Waals surface area contributed by atoms with Crippen LogP contribution in [-0.2, 0) is 6.54 Å². The standard InChI is InChI=1S/C13H22N2O/c1-13(2,15(3)4)10-16-12-7-5-11(9-14)6-8-12/h5-8H,9-10,14H2,1-4H3. The number of hydrogen-bond donors (Lipinski definition) is 1. The summed E-state index contributed by atoms with van der Waals surface area (Å²) in [5, 5.41) is 0. The Hall–Kier alpha value is -1.06. The Kier molecular flexibility index (Phi) is 4.33. The van der Waals surface area contributed by atoms with Crippen molar-refractivity contribution < 1.29 is 4.74 Å². The highest BCUT2D eigenvalue weighted by molar-refractivity contribution is 5.27. The molecule has 0 amide bonds. The van der Waals surface area contributed by atoms with Crippen LogP contribution in [0.2, 0.25) is 0 Å². The Bertz CT molecular complexity index is 317. The predicted molar refractivity (Wildman–Crippen MR) is 67.6 cm³/mol. The molecule has 0 aromatic heterocycles. The van der Waals surface area contributed by atoms with Gasteiger partial charge in [-0.05, 0) is 45.6 Å². The summed E-state index contributed by atoms with van der Waals surface area (Å²) in [5.74, 6) is 0.895. The predicted octanol–water partition coefficient (Wildman–Crippen LogP) is 1.86. The second kappa shape index (κ2) is 5.32. The molecule has 3 nitrogen and oxygen atoms in total. The van der Waals surface area contributed by atoms with Crippen LogP contribution in [-0.4, -0.2) is 31.1 Å². The van der Waals surface area contributed by atoms with Crippen LogP contribution in [0.5, 0.6) is 5.75 Å². The van der Waals surface area contributed by atoms with E-state index in [2.05, 4.69) is 32.8 Å². The van der Waals surface area contributed by atoms with E-state index in [1.807, 2.05) is 24.3 Å². The lowest BCUT2D eigenvalue weighted by molar-refractivity contribution is 0.114. The highest BCUT2D eigenvalue weighted by atomic mass is 16.5. The normalized spacial score (nSPS) is 11.9. The lowest BCUT2D eigenvalue weighted by atomic mass is 10.1. The van der Waals surface area contributed by atoms with Crippen molar-refractivity contribution in [2.75, 3.05) is 20.7 Å². The van der Waals surface area contributed by atoms with Crippen molar-refractivity contribution >= 4 is 0 Å². The van der Waals surface area contributed by atoms with Crippen molar-refractivity contribution in [3.05, 3.63) is 29.8 Å². The fourth-order valence-electron chi connectivity index (χ4n) is 1.11. The number of benzene rings is 1. The molecular weight excluding hydrogens is 200 g/mol. The van der Waals surface area contributed by atoms with Crippen LogP contribution in [0.4, 0.5) is 0 Å². The van der Waals surface area contributed by atoms with Gasteiger partial charge in [0, 0.05) is 12.1 Å². The van der Waals surface area contributed by atoms with Gasteiger partial charge in [-0.1, -0.05) is 12.1 Å². The van der Waals surface area contributed by atoms with E-state index in [1.54, 1.807) is 0 Å². The number of likely N-dealkylation sites (N-methyl/N-ethyl adjacent to an activating group) is 1. The van der Waals surface area contributed by atoms with E-state index < -0.39 is 0 Å². The third-order valence-corrected chi connectivity index (χ3v) is 2.96. The second-order valence-corrected chi connectivity index (χ2v) is 4.84. The first kappa shape index (κ1) is 13.0. The topological polar surface area (TPSA) is 38.5 Å². The monoisotopic (exact) mass is 222 g/mol. The first-order valence-corrected chi connectivity index (χ1v) is 5.55. The first-order chi connectivity index (χ1) is 7.45. The number of hydrogen-bond acceptors (Lipinski definition) is 3. The summed E-state index contributed by atoms with van der Waals surface area (Å²) in [6.07, 6.45) is 0.